The molecule has 0 atom stereocenters. The highest BCUT2D eigenvalue weighted by Gasteiger charge is 2.20. The lowest BCUT2D eigenvalue weighted by atomic mass is 10.1. The molecule has 9 nitrogen and oxygen atoms in total. The Balaban J connectivity index is 1.56. The van der Waals surface area contributed by atoms with Gasteiger partial charge in [0.2, 0.25) is 11.9 Å². The maximum Gasteiger partial charge on any atom is 0.414 e. The number of ether oxygens (including phenoxy) is 1. The predicted octanol–water partition coefficient (Wildman–Crippen LogP) is 4.72. The fourth-order valence-corrected chi connectivity index (χ4v) is 3.69. The van der Waals surface area contributed by atoms with Crippen LogP contribution in [0.4, 0.5) is 33.6 Å². The van der Waals surface area contributed by atoms with Crippen LogP contribution in [-0.4, -0.2) is 47.6 Å². The molecule has 0 saturated carbocycles. The highest BCUT2D eigenvalue weighted by Crippen LogP contribution is 2.30. The van der Waals surface area contributed by atoms with E-state index >= 15 is 0 Å². The monoisotopic (exact) mass is 480 g/mol. The van der Waals surface area contributed by atoms with Crippen molar-refractivity contribution in [3.8, 4) is 0 Å². The molecule has 2 heterocycles. The molecule has 2 aromatic carbocycles. The molecular formula is C24H25ClN6O3. The molecule has 10 heteroatoms. The zero-order chi connectivity index (χ0) is 24.2. The molecule has 0 saturated heterocycles. The summed E-state index contributed by atoms with van der Waals surface area (Å²) in [5.74, 6) is 0.773. The second kappa shape index (κ2) is 9.96. The largest absolute Gasteiger partial charge is 0.449 e. The van der Waals surface area contributed by atoms with Gasteiger partial charge in [-0.2, -0.15) is 4.98 Å². The van der Waals surface area contributed by atoms with E-state index in [9.17, 15) is 9.59 Å². The highest BCUT2D eigenvalue weighted by atomic mass is 35.5. The Hall–Kier alpha value is -3.85. The molecule has 0 aliphatic carbocycles. The smallest absolute Gasteiger partial charge is 0.414 e. The van der Waals surface area contributed by atoms with E-state index in [0.717, 1.165) is 28.2 Å². The topological polar surface area (TPSA) is 99.7 Å². The molecule has 1 aromatic heterocycles. The molecule has 0 radical (unpaired) electrons. The predicted molar refractivity (Wildman–Crippen MR) is 132 cm³/mol. The lowest BCUT2D eigenvalue weighted by Gasteiger charge is -2.19. The van der Waals surface area contributed by atoms with Crippen LogP contribution in [0.25, 0.3) is 0 Å². The summed E-state index contributed by atoms with van der Waals surface area (Å²) in [6, 6.07) is 13.3. The van der Waals surface area contributed by atoms with Gasteiger partial charge in [0, 0.05) is 45.4 Å². The van der Waals surface area contributed by atoms with Gasteiger partial charge in [-0.3, -0.25) is 9.69 Å². The van der Waals surface area contributed by atoms with Gasteiger partial charge in [-0.25, -0.2) is 9.78 Å². The summed E-state index contributed by atoms with van der Waals surface area (Å²) in [6.07, 6.45) is 1.76. The van der Waals surface area contributed by atoms with E-state index in [1.165, 1.54) is 18.0 Å². The number of hydrogen-bond acceptors (Lipinski definition) is 7. The van der Waals surface area contributed by atoms with Crippen molar-refractivity contribution >= 4 is 52.4 Å². The van der Waals surface area contributed by atoms with E-state index in [0.29, 0.717) is 36.4 Å². The van der Waals surface area contributed by atoms with Crippen LogP contribution < -0.4 is 15.5 Å². The van der Waals surface area contributed by atoms with Crippen molar-refractivity contribution in [2.24, 2.45) is 0 Å². The van der Waals surface area contributed by atoms with Gasteiger partial charge in [0.15, 0.2) is 5.82 Å². The van der Waals surface area contributed by atoms with Gasteiger partial charge in [-0.15, -0.1) is 0 Å². The molecule has 0 fully saturated rings. The van der Waals surface area contributed by atoms with Crippen molar-refractivity contribution in [1.82, 2.24) is 14.9 Å². The number of fused-ring (bicyclic) bond motifs is 1. The first-order valence-electron chi connectivity index (χ1n) is 10.7. The van der Waals surface area contributed by atoms with E-state index in [-0.39, 0.29) is 12.0 Å². The minimum Gasteiger partial charge on any atom is -0.449 e. The minimum absolute atomic E-state index is 0.0239. The fraction of sp³-hybridized carbons (Fsp3) is 0.250. The average Bonchev–Trinajstić information content (AvgIpc) is 2.95. The number of aromatic nitrogens is 2. The molecule has 1 aliphatic rings. The van der Waals surface area contributed by atoms with Crippen molar-refractivity contribution < 1.29 is 14.3 Å². The van der Waals surface area contributed by atoms with Gasteiger partial charge in [0.1, 0.15) is 5.02 Å². The number of nitrogens with one attached hydrogen (secondary N) is 2. The number of cyclic esters (lactones) is 1. The Morgan fingerprint density at radius 3 is 2.82 bits per heavy atom. The van der Waals surface area contributed by atoms with Crippen LogP contribution in [0.1, 0.15) is 18.1 Å². The number of hydrogen-bond donors (Lipinski definition) is 2. The molecule has 2 N–H and O–H groups in total. The van der Waals surface area contributed by atoms with Crippen molar-refractivity contribution in [3.05, 3.63) is 64.8 Å². The van der Waals surface area contributed by atoms with Crippen molar-refractivity contribution in [3.63, 3.8) is 0 Å². The van der Waals surface area contributed by atoms with Gasteiger partial charge in [0.05, 0.1) is 18.5 Å². The summed E-state index contributed by atoms with van der Waals surface area (Å²) in [4.78, 5) is 35.5. The van der Waals surface area contributed by atoms with E-state index in [4.69, 9.17) is 16.3 Å². The Morgan fingerprint density at radius 2 is 2.03 bits per heavy atom. The first kappa shape index (κ1) is 23.3. The fourth-order valence-electron chi connectivity index (χ4n) is 3.55. The van der Waals surface area contributed by atoms with E-state index in [2.05, 4.69) is 20.6 Å². The second-order valence-corrected chi connectivity index (χ2v) is 8.35. The van der Waals surface area contributed by atoms with E-state index < -0.39 is 0 Å². The van der Waals surface area contributed by atoms with Crippen LogP contribution in [0, 0.1) is 0 Å². The van der Waals surface area contributed by atoms with Crippen LogP contribution in [0.2, 0.25) is 5.02 Å². The molecule has 0 spiro atoms. The molecule has 0 unspecified atom stereocenters. The maximum atomic E-state index is 11.9. The second-order valence-electron chi connectivity index (χ2n) is 7.94. The van der Waals surface area contributed by atoms with Gasteiger partial charge in [-0.1, -0.05) is 29.8 Å². The standard InChI is InChI=1S/C24H25ClN6O3/c1-15(32)30(2)14-17-6-4-5-7-20(17)28-22-19(25)13-26-23(29-22)27-18-8-9-21-16(12-18)10-11-34-24(33)31(21)3/h4-9,12-13H,10-11,14H2,1-3H3,(H2,26,27,28,29). The third kappa shape index (κ3) is 5.20. The zero-order valence-corrected chi connectivity index (χ0v) is 19.9. The van der Waals surface area contributed by atoms with E-state index in [1.54, 1.807) is 19.0 Å². The van der Waals surface area contributed by atoms with E-state index in [1.807, 2.05) is 42.5 Å². The average molecular weight is 481 g/mol. The van der Waals surface area contributed by atoms with Crippen molar-refractivity contribution in [2.75, 3.05) is 36.2 Å². The summed E-state index contributed by atoms with van der Waals surface area (Å²) in [7, 11) is 3.44. The Bertz CT molecular complexity index is 1240. The third-order valence-corrected chi connectivity index (χ3v) is 5.80. The molecule has 4 rings (SSSR count). The molecule has 2 amide bonds. The Kier molecular flexibility index (Phi) is 6.83. The minimum atomic E-state index is -0.369. The summed E-state index contributed by atoms with van der Waals surface area (Å²) >= 11 is 6.37. The van der Waals surface area contributed by atoms with Gasteiger partial charge < -0.3 is 20.3 Å². The Morgan fingerprint density at radius 1 is 1.24 bits per heavy atom. The number of benzene rings is 2. The highest BCUT2D eigenvalue weighted by molar-refractivity contribution is 6.32. The SMILES string of the molecule is CC(=O)N(C)Cc1ccccc1Nc1nc(Nc2ccc3c(c2)CCOC(=O)N3C)ncc1Cl. The normalized spacial score (nSPS) is 12.9. The Labute approximate surface area is 202 Å². The van der Waals surface area contributed by atoms with Crippen molar-refractivity contribution in [1.29, 1.82) is 0 Å². The van der Waals surface area contributed by atoms with Crippen LogP contribution in [0.15, 0.2) is 48.7 Å². The number of para-hydroxylation sites is 1. The number of anilines is 5. The van der Waals surface area contributed by atoms with Gasteiger partial charge >= 0.3 is 6.09 Å². The van der Waals surface area contributed by atoms with Crippen LogP contribution in [0.5, 0.6) is 0 Å². The molecule has 34 heavy (non-hydrogen) atoms. The molecule has 0 bridgehead atoms. The number of halogens is 1. The summed E-state index contributed by atoms with van der Waals surface area (Å²) in [5.41, 5.74) is 4.28. The number of carbonyl (C=O) groups excluding carboxylic acids is 2. The zero-order valence-electron chi connectivity index (χ0n) is 19.1. The van der Waals surface area contributed by atoms with Crippen LogP contribution >= 0.6 is 11.6 Å². The lowest BCUT2D eigenvalue weighted by molar-refractivity contribution is -0.128. The number of carbonyl (C=O) groups is 2. The lowest BCUT2D eigenvalue weighted by Crippen LogP contribution is -2.25. The maximum absolute atomic E-state index is 11.9. The molecule has 3 aromatic rings. The first-order valence-corrected chi connectivity index (χ1v) is 11.1. The van der Waals surface area contributed by atoms with Gasteiger partial charge in [0.25, 0.3) is 0 Å². The van der Waals surface area contributed by atoms with Crippen LogP contribution in [-0.2, 0) is 22.5 Å². The summed E-state index contributed by atoms with van der Waals surface area (Å²) in [5, 5.41) is 6.82. The number of nitrogens with zero attached hydrogens (tertiary/aromatic N) is 4. The van der Waals surface area contributed by atoms with Gasteiger partial charge in [-0.05, 0) is 35.4 Å². The molecule has 1 aliphatic heterocycles. The summed E-state index contributed by atoms with van der Waals surface area (Å²) < 4.78 is 5.19. The molecule has 176 valence electrons. The molecular weight excluding hydrogens is 456 g/mol. The number of amides is 2. The summed E-state index contributed by atoms with van der Waals surface area (Å²) in [6.45, 7) is 2.30. The number of rotatable bonds is 6. The first-order chi connectivity index (χ1) is 16.3. The third-order valence-electron chi connectivity index (χ3n) is 5.53. The van der Waals surface area contributed by atoms with Crippen LogP contribution in [0.3, 0.4) is 0 Å². The van der Waals surface area contributed by atoms with Crippen molar-refractivity contribution in [2.45, 2.75) is 19.9 Å². The quantitative estimate of drug-likeness (QED) is 0.526.